The molecule has 0 spiro atoms. The van der Waals surface area contributed by atoms with Gasteiger partial charge in [-0.2, -0.15) is 0 Å². The summed E-state index contributed by atoms with van der Waals surface area (Å²) in [4.78, 5) is 34.4. The second-order valence-corrected chi connectivity index (χ2v) is 4.65. The lowest BCUT2D eigenvalue weighted by Crippen LogP contribution is -2.13. The van der Waals surface area contributed by atoms with Gasteiger partial charge >= 0.3 is 17.9 Å². The van der Waals surface area contributed by atoms with Crippen molar-refractivity contribution >= 4 is 17.9 Å². The van der Waals surface area contributed by atoms with Crippen molar-refractivity contribution in [3.8, 4) is 17.2 Å². The molecule has 24 heavy (non-hydrogen) atoms. The molecule has 0 saturated carbocycles. The lowest BCUT2D eigenvalue weighted by Gasteiger charge is -2.11. The topological polar surface area (TPSA) is 99.1 Å². The largest absolute Gasteiger partial charge is 0.493 e. The minimum atomic E-state index is -1.13. The molecular weight excluding hydrogens is 316 g/mol. The number of para-hydroxylation sites is 1. The van der Waals surface area contributed by atoms with Crippen LogP contribution in [0.5, 0.6) is 17.2 Å². The lowest BCUT2D eigenvalue weighted by atomic mass is 10.2. The highest BCUT2D eigenvalue weighted by Gasteiger charge is 2.18. The molecule has 0 atom stereocenters. The van der Waals surface area contributed by atoms with Gasteiger partial charge in [0.1, 0.15) is 11.3 Å². The van der Waals surface area contributed by atoms with Crippen molar-refractivity contribution < 1.29 is 33.7 Å². The van der Waals surface area contributed by atoms with E-state index in [1.165, 1.54) is 44.4 Å². The number of carboxylic acid groups (broad SMARTS) is 1. The van der Waals surface area contributed by atoms with E-state index in [9.17, 15) is 14.4 Å². The van der Waals surface area contributed by atoms with E-state index in [1.807, 2.05) is 0 Å². The van der Waals surface area contributed by atoms with Crippen molar-refractivity contribution in [1.82, 2.24) is 0 Å². The Morgan fingerprint density at radius 3 is 2.25 bits per heavy atom. The van der Waals surface area contributed by atoms with Crippen LogP contribution in [0.1, 0.15) is 27.6 Å². The Hall–Kier alpha value is -3.35. The Morgan fingerprint density at radius 1 is 0.917 bits per heavy atom. The molecular formula is C17H14O7. The molecule has 0 aliphatic heterocycles. The van der Waals surface area contributed by atoms with E-state index in [-0.39, 0.29) is 28.4 Å². The van der Waals surface area contributed by atoms with E-state index in [2.05, 4.69) is 0 Å². The summed E-state index contributed by atoms with van der Waals surface area (Å²) < 4.78 is 15.2. The van der Waals surface area contributed by atoms with Crippen LogP contribution in [0.2, 0.25) is 0 Å². The normalized spacial score (nSPS) is 9.92. The first-order valence-corrected chi connectivity index (χ1v) is 6.83. The van der Waals surface area contributed by atoms with Crippen molar-refractivity contribution in [2.24, 2.45) is 0 Å². The van der Waals surface area contributed by atoms with Gasteiger partial charge in [0, 0.05) is 6.92 Å². The van der Waals surface area contributed by atoms with Crippen LogP contribution in [-0.4, -0.2) is 30.1 Å². The van der Waals surface area contributed by atoms with Gasteiger partial charge in [0.2, 0.25) is 0 Å². The SMILES string of the molecule is COc1cc(C(=O)O)ccc1OC(=O)c1ccccc1OC(C)=O. The van der Waals surface area contributed by atoms with Crippen LogP contribution in [-0.2, 0) is 4.79 Å². The minimum Gasteiger partial charge on any atom is -0.493 e. The number of ether oxygens (including phenoxy) is 3. The standard InChI is InChI=1S/C17H14O7/c1-10(18)23-13-6-4-3-5-12(13)17(21)24-14-8-7-11(16(19)20)9-15(14)22-2/h3-9H,1-2H3,(H,19,20). The summed E-state index contributed by atoms with van der Waals surface area (Å²) in [5, 5.41) is 8.96. The maximum Gasteiger partial charge on any atom is 0.347 e. The number of aromatic carboxylic acids is 1. The molecule has 2 aromatic rings. The number of rotatable bonds is 5. The highest BCUT2D eigenvalue weighted by Crippen LogP contribution is 2.30. The average molecular weight is 330 g/mol. The first-order chi connectivity index (χ1) is 11.4. The van der Waals surface area contributed by atoms with Crippen LogP contribution in [0.25, 0.3) is 0 Å². The molecule has 2 rings (SSSR count). The first-order valence-electron chi connectivity index (χ1n) is 6.83. The second kappa shape index (κ2) is 7.28. The first kappa shape index (κ1) is 17.0. The molecule has 7 nitrogen and oxygen atoms in total. The predicted molar refractivity (Wildman–Crippen MR) is 82.7 cm³/mol. The Kier molecular flexibility index (Phi) is 5.16. The van der Waals surface area contributed by atoms with Crippen molar-refractivity contribution in [2.75, 3.05) is 7.11 Å². The number of methoxy groups -OCH3 is 1. The summed E-state index contributed by atoms with van der Waals surface area (Å²) in [7, 11) is 1.32. The van der Waals surface area contributed by atoms with E-state index >= 15 is 0 Å². The Morgan fingerprint density at radius 2 is 1.62 bits per heavy atom. The summed E-state index contributed by atoms with van der Waals surface area (Å²) in [5.41, 5.74) is 0.0454. The van der Waals surface area contributed by atoms with Gasteiger partial charge in [-0.05, 0) is 30.3 Å². The fraction of sp³-hybridized carbons (Fsp3) is 0.118. The Labute approximate surface area is 137 Å². The average Bonchev–Trinajstić information content (AvgIpc) is 2.54. The van der Waals surface area contributed by atoms with Crippen LogP contribution in [0, 0.1) is 0 Å². The monoisotopic (exact) mass is 330 g/mol. The summed E-state index contributed by atoms with van der Waals surface area (Å²) in [6.45, 7) is 1.22. The van der Waals surface area contributed by atoms with Crippen molar-refractivity contribution in [1.29, 1.82) is 0 Å². The summed E-state index contributed by atoms with van der Waals surface area (Å²) in [6, 6.07) is 9.94. The number of hydrogen-bond donors (Lipinski definition) is 1. The van der Waals surface area contributed by atoms with E-state index in [1.54, 1.807) is 12.1 Å². The molecule has 1 N–H and O–H groups in total. The molecule has 0 amide bonds. The highest BCUT2D eigenvalue weighted by atomic mass is 16.6. The van der Waals surface area contributed by atoms with Gasteiger partial charge in [0.25, 0.3) is 0 Å². The molecule has 0 aliphatic carbocycles. The van der Waals surface area contributed by atoms with Crippen LogP contribution in [0.3, 0.4) is 0 Å². The van der Waals surface area contributed by atoms with E-state index in [4.69, 9.17) is 19.3 Å². The quantitative estimate of drug-likeness (QED) is 0.664. The summed E-state index contributed by atoms with van der Waals surface area (Å²) >= 11 is 0. The number of carbonyl (C=O) groups is 3. The van der Waals surface area contributed by atoms with E-state index in [0.29, 0.717) is 0 Å². The van der Waals surface area contributed by atoms with Gasteiger partial charge in [-0.3, -0.25) is 4.79 Å². The van der Waals surface area contributed by atoms with E-state index in [0.717, 1.165) is 0 Å². The summed E-state index contributed by atoms with van der Waals surface area (Å²) in [6.07, 6.45) is 0. The highest BCUT2D eigenvalue weighted by molar-refractivity contribution is 5.95. The molecule has 0 heterocycles. The maximum absolute atomic E-state index is 12.3. The molecule has 0 saturated heterocycles. The van der Waals surface area contributed by atoms with Gasteiger partial charge in [0.15, 0.2) is 11.5 Å². The molecule has 0 aromatic heterocycles. The van der Waals surface area contributed by atoms with Crippen molar-refractivity contribution in [3.63, 3.8) is 0 Å². The maximum atomic E-state index is 12.3. The third kappa shape index (κ3) is 3.89. The van der Waals surface area contributed by atoms with Crippen LogP contribution in [0.15, 0.2) is 42.5 Å². The van der Waals surface area contributed by atoms with Gasteiger partial charge in [-0.1, -0.05) is 12.1 Å². The molecule has 0 unspecified atom stereocenters. The Bertz CT molecular complexity index is 795. The zero-order valence-electron chi connectivity index (χ0n) is 12.9. The number of benzene rings is 2. The fourth-order valence-corrected chi connectivity index (χ4v) is 1.92. The van der Waals surface area contributed by atoms with Gasteiger partial charge in [-0.15, -0.1) is 0 Å². The lowest BCUT2D eigenvalue weighted by molar-refractivity contribution is -0.131. The van der Waals surface area contributed by atoms with Gasteiger partial charge in [0.05, 0.1) is 12.7 Å². The molecule has 0 fully saturated rings. The number of carboxylic acids is 1. The van der Waals surface area contributed by atoms with Crippen LogP contribution in [0.4, 0.5) is 0 Å². The Balaban J connectivity index is 2.30. The number of carbonyl (C=O) groups excluding carboxylic acids is 2. The summed E-state index contributed by atoms with van der Waals surface area (Å²) in [5.74, 6) is -2.27. The van der Waals surface area contributed by atoms with Crippen molar-refractivity contribution in [2.45, 2.75) is 6.92 Å². The third-order valence-corrected chi connectivity index (χ3v) is 2.97. The molecule has 0 aliphatic rings. The molecule has 0 radical (unpaired) electrons. The molecule has 2 aromatic carbocycles. The third-order valence-electron chi connectivity index (χ3n) is 2.97. The van der Waals surface area contributed by atoms with Gasteiger partial charge < -0.3 is 19.3 Å². The molecule has 0 bridgehead atoms. The second-order valence-electron chi connectivity index (χ2n) is 4.65. The fourth-order valence-electron chi connectivity index (χ4n) is 1.92. The number of esters is 2. The predicted octanol–water partition coefficient (Wildman–Crippen LogP) is 2.54. The van der Waals surface area contributed by atoms with E-state index < -0.39 is 17.9 Å². The zero-order valence-corrected chi connectivity index (χ0v) is 12.9. The zero-order chi connectivity index (χ0) is 17.7. The minimum absolute atomic E-state index is 0.00744. The van der Waals surface area contributed by atoms with Crippen LogP contribution < -0.4 is 14.2 Å². The molecule has 7 heteroatoms. The van der Waals surface area contributed by atoms with Gasteiger partial charge in [-0.25, -0.2) is 9.59 Å². The number of hydrogen-bond acceptors (Lipinski definition) is 6. The smallest absolute Gasteiger partial charge is 0.347 e. The van der Waals surface area contributed by atoms with Crippen LogP contribution >= 0.6 is 0 Å². The molecule has 124 valence electrons. The van der Waals surface area contributed by atoms with Crippen molar-refractivity contribution in [3.05, 3.63) is 53.6 Å².